The van der Waals surface area contributed by atoms with Crippen molar-refractivity contribution in [1.82, 2.24) is 5.32 Å². The molecule has 2 amide bonds. The fourth-order valence-electron chi connectivity index (χ4n) is 2.74. The number of nitro groups is 1. The van der Waals surface area contributed by atoms with Crippen LogP contribution in [0.15, 0.2) is 47.9 Å². The summed E-state index contributed by atoms with van der Waals surface area (Å²) in [5.74, 6) is -0.559. The van der Waals surface area contributed by atoms with Gasteiger partial charge in [-0.25, -0.2) is 4.79 Å². The van der Waals surface area contributed by atoms with Crippen LogP contribution in [0.4, 0.5) is 10.5 Å². The molecule has 0 spiro atoms. The van der Waals surface area contributed by atoms with Gasteiger partial charge in [-0.3, -0.25) is 19.7 Å². The van der Waals surface area contributed by atoms with Gasteiger partial charge in [-0.1, -0.05) is 26.0 Å². The average molecular weight is 460 g/mol. The van der Waals surface area contributed by atoms with E-state index >= 15 is 0 Å². The third kappa shape index (κ3) is 8.04. The monoisotopic (exact) mass is 460 g/mol. The number of nitrogens with two attached hydrogens (primary N) is 1. The zero-order valence-corrected chi connectivity index (χ0v) is 18.7. The van der Waals surface area contributed by atoms with E-state index in [1.807, 2.05) is 13.8 Å². The van der Waals surface area contributed by atoms with Crippen molar-refractivity contribution in [3.63, 3.8) is 0 Å². The molecule has 4 N–H and O–H groups in total. The third-order valence-corrected chi connectivity index (χ3v) is 4.89. The molecule has 0 aromatic heterocycles. The average Bonchev–Trinajstić information content (AvgIpc) is 2.78. The predicted molar refractivity (Wildman–Crippen MR) is 119 cm³/mol. The summed E-state index contributed by atoms with van der Waals surface area (Å²) in [6.45, 7) is 5.14. The highest BCUT2D eigenvalue weighted by Crippen LogP contribution is 2.20. The number of amides is 2. The Kier molecular flexibility index (Phi) is 9.10. The van der Waals surface area contributed by atoms with Crippen molar-refractivity contribution < 1.29 is 28.8 Å². The number of nitrogens with zero attached hydrogens (tertiary/aromatic N) is 1. The Balaban J connectivity index is 1.79. The molecule has 11 nitrogen and oxygen atoms in total. The van der Waals surface area contributed by atoms with E-state index < -0.39 is 35.0 Å². The Bertz CT molecular complexity index is 954. The molecule has 0 bridgehead atoms. The summed E-state index contributed by atoms with van der Waals surface area (Å²) < 4.78 is 10.1. The lowest BCUT2D eigenvalue weighted by molar-refractivity contribution is -0.428. The molecule has 2 rings (SSSR count). The zero-order chi connectivity index (χ0) is 24.5. The van der Waals surface area contributed by atoms with E-state index in [-0.39, 0.29) is 31.1 Å². The Hall–Kier alpha value is -3.73. The number of allylic oxidation sites excluding steroid dienone is 4. The molecular formula is C22H28N4O7. The van der Waals surface area contributed by atoms with E-state index in [0.29, 0.717) is 17.0 Å². The molecular weight excluding hydrogens is 432 g/mol. The number of benzene rings is 1. The quantitative estimate of drug-likeness (QED) is 0.288. The second-order valence-corrected chi connectivity index (χ2v) is 7.88. The lowest BCUT2D eigenvalue weighted by Gasteiger charge is -2.19. The van der Waals surface area contributed by atoms with E-state index in [9.17, 15) is 24.5 Å². The lowest BCUT2D eigenvalue weighted by Crippen LogP contribution is -2.50. The zero-order valence-electron chi connectivity index (χ0n) is 18.7. The molecule has 0 aliphatic heterocycles. The van der Waals surface area contributed by atoms with Crippen LogP contribution in [0.1, 0.15) is 39.2 Å². The van der Waals surface area contributed by atoms with Crippen molar-refractivity contribution in [3.8, 4) is 0 Å². The number of hydrogen-bond acceptors (Lipinski definition) is 8. The fraction of sp³-hybridized carbons (Fsp3) is 0.409. The second kappa shape index (κ2) is 11.8. The fourth-order valence-corrected chi connectivity index (χ4v) is 2.74. The summed E-state index contributed by atoms with van der Waals surface area (Å²) in [6, 6.07) is 5.11. The molecule has 1 aromatic rings. The predicted octanol–water partition coefficient (Wildman–Crippen LogP) is 2.60. The first-order chi connectivity index (χ1) is 15.6. The Morgan fingerprint density at radius 3 is 2.30 bits per heavy atom. The number of hydrogen-bond donors (Lipinski definition) is 3. The highest BCUT2D eigenvalue weighted by Gasteiger charge is 2.22. The van der Waals surface area contributed by atoms with E-state index in [4.69, 9.17) is 15.2 Å². The van der Waals surface area contributed by atoms with Crippen LogP contribution in [0.3, 0.4) is 0 Å². The summed E-state index contributed by atoms with van der Waals surface area (Å²) in [6.07, 6.45) is 2.16. The molecule has 0 heterocycles. The van der Waals surface area contributed by atoms with Gasteiger partial charge in [0, 0.05) is 24.6 Å². The van der Waals surface area contributed by atoms with Gasteiger partial charge in [0.25, 0.3) is 0 Å². The molecule has 178 valence electrons. The van der Waals surface area contributed by atoms with Crippen molar-refractivity contribution >= 4 is 23.7 Å². The number of nitrogens with one attached hydrogen (secondary N) is 2. The van der Waals surface area contributed by atoms with E-state index in [1.54, 1.807) is 31.2 Å². The summed E-state index contributed by atoms with van der Waals surface area (Å²) >= 11 is 0. The molecule has 0 saturated heterocycles. The van der Waals surface area contributed by atoms with Gasteiger partial charge in [-0.05, 0) is 36.6 Å². The maximum absolute atomic E-state index is 12.3. The second-order valence-electron chi connectivity index (χ2n) is 7.88. The van der Waals surface area contributed by atoms with E-state index in [0.717, 1.165) is 0 Å². The summed E-state index contributed by atoms with van der Waals surface area (Å²) in [7, 11) is 0. The molecule has 1 aliphatic carbocycles. The first-order valence-corrected chi connectivity index (χ1v) is 10.4. The number of carbonyl (C=O) groups is 3. The van der Waals surface area contributed by atoms with Crippen LogP contribution >= 0.6 is 0 Å². The molecule has 0 unspecified atom stereocenters. The molecule has 33 heavy (non-hydrogen) atoms. The summed E-state index contributed by atoms with van der Waals surface area (Å²) in [4.78, 5) is 46.3. The minimum absolute atomic E-state index is 0.0509. The normalized spacial score (nSPS) is 14.9. The topological polar surface area (TPSA) is 163 Å². The van der Waals surface area contributed by atoms with Crippen molar-refractivity contribution in [2.75, 3.05) is 5.32 Å². The maximum Gasteiger partial charge on any atom is 0.513 e. The molecule has 2 atom stereocenters. The minimum Gasteiger partial charge on any atom is -0.429 e. The van der Waals surface area contributed by atoms with Crippen molar-refractivity contribution in [2.24, 2.45) is 11.7 Å². The van der Waals surface area contributed by atoms with Crippen molar-refractivity contribution in [2.45, 2.75) is 52.3 Å². The summed E-state index contributed by atoms with van der Waals surface area (Å²) in [5.41, 5.74) is 6.99. The minimum atomic E-state index is -0.916. The van der Waals surface area contributed by atoms with E-state index in [1.165, 1.54) is 12.2 Å². The number of ether oxygens (including phenoxy) is 2. The van der Waals surface area contributed by atoms with Crippen LogP contribution in [0, 0.1) is 16.0 Å². The first kappa shape index (κ1) is 25.5. The molecule has 11 heteroatoms. The van der Waals surface area contributed by atoms with Crippen molar-refractivity contribution in [1.29, 1.82) is 0 Å². The van der Waals surface area contributed by atoms with Crippen LogP contribution in [0.25, 0.3) is 0 Å². The number of carbonyl (C=O) groups excluding carboxylic acids is 3. The molecule has 1 aliphatic rings. The van der Waals surface area contributed by atoms with Gasteiger partial charge < -0.3 is 25.8 Å². The van der Waals surface area contributed by atoms with Gasteiger partial charge in [-0.15, -0.1) is 0 Å². The molecule has 0 fully saturated rings. The van der Waals surface area contributed by atoms with Crippen LogP contribution in [0.2, 0.25) is 0 Å². The number of rotatable bonds is 9. The Morgan fingerprint density at radius 1 is 1.09 bits per heavy atom. The van der Waals surface area contributed by atoms with Crippen LogP contribution in [-0.2, 0) is 25.7 Å². The Labute approximate surface area is 191 Å². The highest BCUT2D eigenvalue weighted by atomic mass is 16.7. The van der Waals surface area contributed by atoms with Gasteiger partial charge in [0.15, 0.2) is 0 Å². The number of anilines is 1. The largest absolute Gasteiger partial charge is 0.513 e. The third-order valence-electron chi connectivity index (χ3n) is 4.89. The lowest BCUT2D eigenvalue weighted by atomic mass is 10.0. The van der Waals surface area contributed by atoms with Crippen molar-refractivity contribution in [3.05, 3.63) is 63.6 Å². The molecule has 0 saturated carbocycles. The van der Waals surface area contributed by atoms with Gasteiger partial charge in [0.2, 0.25) is 17.5 Å². The van der Waals surface area contributed by atoms with Gasteiger partial charge in [0.1, 0.15) is 18.4 Å². The highest BCUT2D eigenvalue weighted by molar-refractivity contribution is 5.97. The SMILES string of the molecule is CC(C)[C@H](N)C(=O)N[C@@H](C)C(=O)Nc1ccc(COC(=O)OC2=CC=C([N+](=O)[O-])CC2)cc1. The van der Waals surface area contributed by atoms with Crippen LogP contribution in [-0.4, -0.2) is 35.0 Å². The van der Waals surface area contributed by atoms with Gasteiger partial charge in [-0.2, -0.15) is 0 Å². The standard InChI is InChI=1S/C22H28N4O7/c1-13(2)19(23)21(28)24-14(3)20(27)25-16-6-4-15(5-7-16)12-32-22(29)33-18-10-8-17(9-11-18)26(30)31/h4-8,10,13-14,19H,9,11-12,23H2,1-3H3,(H,24,28)(H,25,27)/t14-,19-/m0/s1. The van der Waals surface area contributed by atoms with Crippen LogP contribution < -0.4 is 16.4 Å². The summed E-state index contributed by atoms with van der Waals surface area (Å²) in [5, 5.41) is 15.9. The van der Waals surface area contributed by atoms with Gasteiger partial charge in [0.05, 0.1) is 11.0 Å². The van der Waals surface area contributed by atoms with Crippen LogP contribution in [0.5, 0.6) is 0 Å². The Morgan fingerprint density at radius 2 is 1.76 bits per heavy atom. The van der Waals surface area contributed by atoms with Gasteiger partial charge >= 0.3 is 6.16 Å². The smallest absolute Gasteiger partial charge is 0.429 e. The first-order valence-electron chi connectivity index (χ1n) is 10.4. The van der Waals surface area contributed by atoms with E-state index in [2.05, 4.69) is 10.6 Å². The molecule has 0 radical (unpaired) electrons. The maximum atomic E-state index is 12.3. The molecule has 1 aromatic carbocycles.